The summed E-state index contributed by atoms with van der Waals surface area (Å²) in [5.74, 6) is -0.460. The van der Waals surface area contributed by atoms with E-state index in [0.717, 1.165) is 5.56 Å². The van der Waals surface area contributed by atoms with Crippen LogP contribution in [0.2, 0.25) is 5.02 Å². The molecule has 0 aliphatic heterocycles. The van der Waals surface area contributed by atoms with Crippen molar-refractivity contribution >= 4 is 28.9 Å². The highest BCUT2D eigenvalue weighted by Crippen LogP contribution is 2.25. The number of aryl methyl sites for hydroxylation is 1. The summed E-state index contributed by atoms with van der Waals surface area (Å²) in [6, 6.07) is 9.19. The smallest absolute Gasteiger partial charge is 0.295 e. The third-order valence-electron chi connectivity index (χ3n) is 3.54. The van der Waals surface area contributed by atoms with Gasteiger partial charge in [0.2, 0.25) is 0 Å². The van der Waals surface area contributed by atoms with Gasteiger partial charge in [0.15, 0.2) is 0 Å². The van der Waals surface area contributed by atoms with E-state index in [2.05, 4.69) is 15.4 Å². The van der Waals surface area contributed by atoms with Crippen molar-refractivity contribution < 1.29 is 9.72 Å². The van der Waals surface area contributed by atoms with Gasteiger partial charge >= 0.3 is 0 Å². The second-order valence-electron chi connectivity index (χ2n) is 5.21. The highest BCUT2D eigenvalue weighted by Gasteiger charge is 2.19. The van der Waals surface area contributed by atoms with Crippen LogP contribution in [0, 0.1) is 17.0 Å². The van der Waals surface area contributed by atoms with Gasteiger partial charge in [-0.3, -0.25) is 14.9 Å². The first-order valence-electron chi connectivity index (χ1n) is 7.16. The molecule has 0 bridgehead atoms. The number of halogens is 1. The average molecular weight is 358 g/mol. The molecule has 0 saturated carbocycles. The van der Waals surface area contributed by atoms with E-state index in [1.165, 1.54) is 35.5 Å². The zero-order chi connectivity index (χ0) is 18.0. The highest BCUT2D eigenvalue weighted by molar-refractivity contribution is 6.30. The predicted octanol–water partition coefficient (Wildman–Crippen LogP) is 3.39. The van der Waals surface area contributed by atoms with Crippen LogP contribution in [-0.4, -0.2) is 25.6 Å². The fourth-order valence-corrected chi connectivity index (χ4v) is 2.53. The van der Waals surface area contributed by atoms with Crippen LogP contribution >= 0.6 is 11.6 Å². The minimum atomic E-state index is -0.568. The van der Waals surface area contributed by atoms with E-state index in [4.69, 9.17) is 11.6 Å². The summed E-state index contributed by atoms with van der Waals surface area (Å²) in [4.78, 5) is 27.0. The molecule has 1 N–H and O–H groups in total. The summed E-state index contributed by atoms with van der Waals surface area (Å²) in [6.45, 7) is 1.80. The molecule has 0 saturated heterocycles. The van der Waals surface area contributed by atoms with Crippen molar-refractivity contribution in [2.45, 2.75) is 6.92 Å². The number of anilines is 1. The number of hydrogen-bond acceptors (Lipinski definition) is 5. The molecule has 1 heterocycles. The van der Waals surface area contributed by atoms with Gasteiger partial charge in [0.1, 0.15) is 18.3 Å². The second-order valence-corrected chi connectivity index (χ2v) is 5.65. The van der Waals surface area contributed by atoms with E-state index in [0.29, 0.717) is 10.7 Å². The summed E-state index contributed by atoms with van der Waals surface area (Å²) < 4.78 is 1.27. The van der Waals surface area contributed by atoms with Gasteiger partial charge < -0.3 is 5.32 Å². The number of rotatable bonds is 4. The molecule has 0 aliphatic rings. The standard InChI is InChI=1S/C16H12ClN5O3/c1-10-6-12(17)3-4-13(10)20-16(23)11-2-5-14(15(7-11)22(24)25)21-9-18-8-19-21/h2-9H,1H3,(H,20,23). The first-order chi connectivity index (χ1) is 12.0. The number of hydrogen-bond donors (Lipinski definition) is 1. The van der Waals surface area contributed by atoms with Crippen molar-refractivity contribution in [1.29, 1.82) is 0 Å². The minimum Gasteiger partial charge on any atom is -0.322 e. The molecule has 0 radical (unpaired) electrons. The van der Waals surface area contributed by atoms with Crippen LogP contribution in [-0.2, 0) is 0 Å². The number of nitrogens with one attached hydrogen (secondary N) is 1. The highest BCUT2D eigenvalue weighted by atomic mass is 35.5. The lowest BCUT2D eigenvalue weighted by Gasteiger charge is -2.09. The molecule has 0 aliphatic carbocycles. The van der Waals surface area contributed by atoms with Gasteiger partial charge in [-0.2, -0.15) is 5.10 Å². The molecule has 2 aromatic carbocycles. The fourth-order valence-electron chi connectivity index (χ4n) is 2.30. The quantitative estimate of drug-likeness (QED) is 0.569. The van der Waals surface area contributed by atoms with E-state index in [-0.39, 0.29) is 16.9 Å². The Labute approximate surface area is 147 Å². The average Bonchev–Trinajstić information content (AvgIpc) is 3.11. The molecule has 0 fully saturated rings. The molecule has 3 aromatic rings. The Bertz CT molecular complexity index is 956. The Balaban J connectivity index is 1.93. The van der Waals surface area contributed by atoms with Crippen LogP contribution in [0.5, 0.6) is 0 Å². The molecule has 0 atom stereocenters. The molecule has 25 heavy (non-hydrogen) atoms. The second kappa shape index (κ2) is 6.70. The fraction of sp³-hybridized carbons (Fsp3) is 0.0625. The monoisotopic (exact) mass is 357 g/mol. The number of carbonyl (C=O) groups is 1. The lowest BCUT2D eigenvalue weighted by atomic mass is 10.1. The van der Waals surface area contributed by atoms with Crippen molar-refractivity contribution in [3.8, 4) is 5.69 Å². The van der Waals surface area contributed by atoms with Crippen LogP contribution in [0.25, 0.3) is 5.69 Å². The van der Waals surface area contributed by atoms with E-state index in [9.17, 15) is 14.9 Å². The first-order valence-corrected chi connectivity index (χ1v) is 7.54. The number of benzene rings is 2. The molecular formula is C16H12ClN5O3. The molecule has 1 amide bonds. The van der Waals surface area contributed by atoms with Gasteiger partial charge in [-0.1, -0.05) is 11.6 Å². The Morgan fingerprint density at radius 3 is 2.72 bits per heavy atom. The minimum absolute atomic E-state index is 0.157. The molecule has 1 aromatic heterocycles. The summed E-state index contributed by atoms with van der Waals surface area (Å²) in [7, 11) is 0. The third-order valence-corrected chi connectivity index (χ3v) is 3.77. The van der Waals surface area contributed by atoms with Crippen molar-refractivity contribution in [2.24, 2.45) is 0 Å². The maximum atomic E-state index is 12.4. The van der Waals surface area contributed by atoms with Crippen LogP contribution in [0.1, 0.15) is 15.9 Å². The molecule has 8 nitrogen and oxygen atoms in total. The van der Waals surface area contributed by atoms with Crippen LogP contribution < -0.4 is 5.32 Å². The maximum Gasteiger partial charge on any atom is 0.295 e. The number of amides is 1. The summed E-state index contributed by atoms with van der Waals surface area (Å²) >= 11 is 5.89. The number of nitrogens with zero attached hydrogens (tertiary/aromatic N) is 4. The van der Waals surface area contributed by atoms with Gasteiger partial charge in [-0.15, -0.1) is 0 Å². The third kappa shape index (κ3) is 3.48. The Hall–Kier alpha value is -3.26. The van der Waals surface area contributed by atoms with Gasteiger partial charge in [0.25, 0.3) is 11.6 Å². The van der Waals surface area contributed by atoms with Crippen LogP contribution in [0.3, 0.4) is 0 Å². The lowest BCUT2D eigenvalue weighted by Crippen LogP contribution is -2.13. The predicted molar refractivity (Wildman–Crippen MR) is 92.2 cm³/mol. The Morgan fingerprint density at radius 2 is 2.08 bits per heavy atom. The largest absolute Gasteiger partial charge is 0.322 e. The molecule has 9 heteroatoms. The SMILES string of the molecule is Cc1cc(Cl)ccc1NC(=O)c1ccc(-n2cncn2)c([N+](=O)[O-])c1. The molecule has 0 unspecified atom stereocenters. The topological polar surface area (TPSA) is 103 Å². The van der Waals surface area contributed by atoms with E-state index >= 15 is 0 Å². The van der Waals surface area contributed by atoms with E-state index in [1.807, 2.05) is 0 Å². The molecule has 3 rings (SSSR count). The van der Waals surface area contributed by atoms with Crippen molar-refractivity contribution in [1.82, 2.24) is 14.8 Å². The number of nitro benzene ring substituents is 1. The van der Waals surface area contributed by atoms with Crippen molar-refractivity contribution in [3.63, 3.8) is 0 Å². The summed E-state index contributed by atoms with van der Waals surface area (Å²) in [5.41, 5.74) is 1.50. The molecular weight excluding hydrogens is 346 g/mol. The number of nitro groups is 1. The normalized spacial score (nSPS) is 10.5. The van der Waals surface area contributed by atoms with E-state index < -0.39 is 10.8 Å². The number of aromatic nitrogens is 3. The van der Waals surface area contributed by atoms with Gasteiger partial charge in [0, 0.05) is 22.3 Å². The zero-order valence-electron chi connectivity index (χ0n) is 13.0. The zero-order valence-corrected chi connectivity index (χ0v) is 13.8. The summed E-state index contributed by atoms with van der Waals surface area (Å²) in [5, 5.41) is 18.5. The molecule has 126 valence electrons. The first kappa shape index (κ1) is 16.6. The van der Waals surface area contributed by atoms with Crippen molar-refractivity contribution in [3.05, 3.63) is 75.3 Å². The number of carbonyl (C=O) groups excluding carboxylic acids is 1. The Kier molecular flexibility index (Phi) is 4.44. The van der Waals surface area contributed by atoms with Gasteiger partial charge in [0.05, 0.1) is 4.92 Å². The summed E-state index contributed by atoms with van der Waals surface area (Å²) in [6.07, 6.45) is 2.62. The van der Waals surface area contributed by atoms with Gasteiger partial charge in [-0.05, 0) is 42.8 Å². The molecule has 0 spiro atoms. The van der Waals surface area contributed by atoms with Crippen LogP contribution in [0.4, 0.5) is 11.4 Å². The maximum absolute atomic E-state index is 12.4. The Morgan fingerprint density at radius 1 is 1.28 bits per heavy atom. The van der Waals surface area contributed by atoms with Gasteiger partial charge in [-0.25, -0.2) is 9.67 Å². The lowest BCUT2D eigenvalue weighted by molar-refractivity contribution is -0.384. The van der Waals surface area contributed by atoms with Crippen molar-refractivity contribution in [2.75, 3.05) is 5.32 Å². The van der Waals surface area contributed by atoms with E-state index in [1.54, 1.807) is 25.1 Å². The van der Waals surface area contributed by atoms with Crippen LogP contribution in [0.15, 0.2) is 49.1 Å².